The molecular weight excluding hydrogens is 266 g/mol. The minimum Gasteiger partial charge on any atom is -0.334 e. The molecule has 6 nitrogen and oxygen atoms in total. The van der Waals surface area contributed by atoms with Crippen molar-refractivity contribution in [2.45, 2.75) is 6.54 Å². The van der Waals surface area contributed by atoms with E-state index in [-0.39, 0.29) is 6.03 Å². The fourth-order valence-corrected chi connectivity index (χ4v) is 2.31. The summed E-state index contributed by atoms with van der Waals surface area (Å²) in [7, 11) is 4.17. The molecule has 0 radical (unpaired) electrons. The summed E-state index contributed by atoms with van der Waals surface area (Å²) in [5, 5.41) is 2.97. The lowest BCUT2D eigenvalue weighted by molar-refractivity contribution is 0.133. The average molecular weight is 291 g/mol. The minimum atomic E-state index is 0.0269. The van der Waals surface area contributed by atoms with E-state index < -0.39 is 0 Å². The van der Waals surface area contributed by atoms with Gasteiger partial charge in [0.15, 0.2) is 0 Å². The van der Waals surface area contributed by atoms with E-state index in [1.807, 2.05) is 17.0 Å². The van der Waals surface area contributed by atoms with Crippen LogP contribution in [0.2, 0.25) is 0 Å². The van der Waals surface area contributed by atoms with Crippen LogP contribution in [-0.4, -0.2) is 79.1 Å². The Balaban J connectivity index is 1.68. The van der Waals surface area contributed by atoms with Crippen molar-refractivity contribution in [3.8, 4) is 0 Å². The van der Waals surface area contributed by atoms with E-state index in [9.17, 15) is 4.79 Å². The topological polar surface area (TPSA) is 51.7 Å². The molecule has 1 N–H and O–H groups in total. The molecule has 0 unspecified atom stereocenters. The molecule has 0 aromatic carbocycles. The van der Waals surface area contributed by atoms with Crippen molar-refractivity contribution in [1.82, 2.24) is 25.0 Å². The van der Waals surface area contributed by atoms with Gasteiger partial charge in [-0.05, 0) is 31.8 Å². The summed E-state index contributed by atoms with van der Waals surface area (Å²) >= 11 is 0. The summed E-state index contributed by atoms with van der Waals surface area (Å²) in [6.07, 6.45) is 3.48. The maximum atomic E-state index is 12.1. The van der Waals surface area contributed by atoms with E-state index in [4.69, 9.17) is 0 Å². The Hall–Kier alpha value is -1.66. The highest BCUT2D eigenvalue weighted by Crippen LogP contribution is 2.03. The Kier molecular flexibility index (Phi) is 5.95. The van der Waals surface area contributed by atoms with Gasteiger partial charge in [0.25, 0.3) is 0 Å². The Morgan fingerprint density at radius 3 is 2.52 bits per heavy atom. The molecule has 0 saturated carbocycles. The van der Waals surface area contributed by atoms with Crippen LogP contribution in [0.5, 0.6) is 0 Å². The highest BCUT2D eigenvalue weighted by Gasteiger charge is 2.20. The van der Waals surface area contributed by atoms with Crippen LogP contribution in [0.25, 0.3) is 0 Å². The second kappa shape index (κ2) is 7.95. The number of urea groups is 1. The molecule has 116 valence electrons. The Morgan fingerprint density at radius 2 is 1.90 bits per heavy atom. The standard InChI is InChI=1S/C15H25N5O/c1-18(2)7-8-19-9-11-20(12-10-19)15(21)17-13-14-3-5-16-6-4-14/h3-6H,7-13H2,1-2H3,(H,17,21). The molecule has 1 saturated heterocycles. The van der Waals surface area contributed by atoms with Gasteiger partial charge < -0.3 is 15.1 Å². The molecule has 21 heavy (non-hydrogen) atoms. The molecule has 1 aromatic heterocycles. The molecule has 1 aromatic rings. The highest BCUT2D eigenvalue weighted by atomic mass is 16.2. The van der Waals surface area contributed by atoms with Crippen molar-refractivity contribution in [2.24, 2.45) is 0 Å². The van der Waals surface area contributed by atoms with E-state index in [1.165, 1.54) is 0 Å². The summed E-state index contributed by atoms with van der Waals surface area (Å²) in [4.78, 5) is 22.6. The van der Waals surface area contributed by atoms with Gasteiger partial charge in [0.1, 0.15) is 0 Å². The fourth-order valence-electron chi connectivity index (χ4n) is 2.31. The average Bonchev–Trinajstić information content (AvgIpc) is 2.52. The number of hydrogen-bond donors (Lipinski definition) is 1. The predicted molar refractivity (Wildman–Crippen MR) is 83.0 cm³/mol. The van der Waals surface area contributed by atoms with Gasteiger partial charge in [0, 0.05) is 58.2 Å². The van der Waals surface area contributed by atoms with Gasteiger partial charge in [-0.15, -0.1) is 0 Å². The summed E-state index contributed by atoms with van der Waals surface area (Å²) in [6.45, 7) is 6.20. The summed E-state index contributed by atoms with van der Waals surface area (Å²) in [6, 6.07) is 3.86. The Labute approximate surface area is 126 Å². The van der Waals surface area contributed by atoms with Crippen molar-refractivity contribution in [2.75, 3.05) is 53.4 Å². The van der Waals surface area contributed by atoms with E-state index in [0.717, 1.165) is 44.8 Å². The van der Waals surface area contributed by atoms with Gasteiger partial charge in [-0.3, -0.25) is 9.88 Å². The molecular formula is C15H25N5O. The quantitative estimate of drug-likeness (QED) is 0.857. The zero-order valence-electron chi connectivity index (χ0n) is 13.0. The van der Waals surface area contributed by atoms with Crippen LogP contribution in [0.4, 0.5) is 4.79 Å². The molecule has 0 bridgehead atoms. The highest BCUT2D eigenvalue weighted by molar-refractivity contribution is 5.74. The maximum absolute atomic E-state index is 12.1. The van der Waals surface area contributed by atoms with Crippen molar-refractivity contribution in [1.29, 1.82) is 0 Å². The molecule has 1 aliphatic rings. The number of carbonyl (C=O) groups excluding carboxylic acids is 1. The van der Waals surface area contributed by atoms with Gasteiger partial charge in [0.05, 0.1) is 0 Å². The van der Waals surface area contributed by atoms with Crippen molar-refractivity contribution >= 4 is 6.03 Å². The van der Waals surface area contributed by atoms with E-state index in [0.29, 0.717) is 6.54 Å². The SMILES string of the molecule is CN(C)CCN1CCN(C(=O)NCc2ccncc2)CC1. The number of likely N-dealkylation sites (N-methyl/N-ethyl adjacent to an activating group) is 1. The third-order valence-corrected chi connectivity index (χ3v) is 3.72. The largest absolute Gasteiger partial charge is 0.334 e. The van der Waals surface area contributed by atoms with Crippen LogP contribution in [-0.2, 0) is 6.54 Å². The Bertz CT molecular complexity index is 429. The molecule has 0 atom stereocenters. The number of pyridine rings is 1. The van der Waals surface area contributed by atoms with Crippen molar-refractivity contribution in [3.63, 3.8) is 0 Å². The van der Waals surface area contributed by atoms with E-state index in [1.54, 1.807) is 12.4 Å². The maximum Gasteiger partial charge on any atom is 0.317 e. The van der Waals surface area contributed by atoms with Crippen LogP contribution in [0.1, 0.15) is 5.56 Å². The molecule has 1 fully saturated rings. The lowest BCUT2D eigenvalue weighted by Gasteiger charge is -2.35. The van der Waals surface area contributed by atoms with E-state index in [2.05, 4.69) is 34.2 Å². The number of rotatable bonds is 5. The van der Waals surface area contributed by atoms with Crippen LogP contribution in [0.15, 0.2) is 24.5 Å². The summed E-state index contributed by atoms with van der Waals surface area (Å²) in [5.41, 5.74) is 1.07. The first kappa shape index (κ1) is 15.7. The van der Waals surface area contributed by atoms with Crippen LogP contribution >= 0.6 is 0 Å². The normalized spacial score (nSPS) is 16.2. The molecule has 2 rings (SSSR count). The van der Waals surface area contributed by atoms with Gasteiger partial charge in [-0.2, -0.15) is 0 Å². The third-order valence-electron chi connectivity index (χ3n) is 3.72. The molecule has 6 heteroatoms. The van der Waals surface area contributed by atoms with E-state index >= 15 is 0 Å². The third kappa shape index (κ3) is 5.32. The minimum absolute atomic E-state index is 0.0269. The van der Waals surface area contributed by atoms with Crippen LogP contribution in [0, 0.1) is 0 Å². The number of piperazine rings is 1. The molecule has 2 heterocycles. The Morgan fingerprint density at radius 1 is 1.24 bits per heavy atom. The van der Waals surface area contributed by atoms with Gasteiger partial charge in [-0.1, -0.05) is 0 Å². The number of nitrogens with one attached hydrogen (secondary N) is 1. The molecule has 1 aliphatic heterocycles. The number of nitrogens with zero attached hydrogens (tertiary/aromatic N) is 4. The van der Waals surface area contributed by atoms with Gasteiger partial charge >= 0.3 is 6.03 Å². The smallest absolute Gasteiger partial charge is 0.317 e. The lowest BCUT2D eigenvalue weighted by Crippen LogP contribution is -2.52. The predicted octanol–water partition coefficient (Wildman–Crippen LogP) is 0.470. The van der Waals surface area contributed by atoms with Gasteiger partial charge in [-0.25, -0.2) is 4.79 Å². The van der Waals surface area contributed by atoms with Crippen molar-refractivity contribution < 1.29 is 4.79 Å². The monoisotopic (exact) mass is 291 g/mol. The molecule has 0 aliphatic carbocycles. The number of amides is 2. The second-order valence-electron chi connectivity index (χ2n) is 5.65. The lowest BCUT2D eigenvalue weighted by atomic mass is 10.3. The van der Waals surface area contributed by atoms with Gasteiger partial charge in [0.2, 0.25) is 0 Å². The number of hydrogen-bond acceptors (Lipinski definition) is 4. The zero-order chi connectivity index (χ0) is 15.1. The van der Waals surface area contributed by atoms with Crippen LogP contribution in [0.3, 0.4) is 0 Å². The number of aromatic nitrogens is 1. The fraction of sp³-hybridized carbons (Fsp3) is 0.600. The summed E-state index contributed by atoms with van der Waals surface area (Å²) in [5.74, 6) is 0. The van der Waals surface area contributed by atoms with Crippen LogP contribution < -0.4 is 5.32 Å². The summed E-state index contributed by atoms with van der Waals surface area (Å²) < 4.78 is 0. The molecule has 2 amide bonds. The second-order valence-corrected chi connectivity index (χ2v) is 5.65. The first-order chi connectivity index (χ1) is 10.1. The first-order valence-electron chi connectivity index (χ1n) is 7.44. The molecule has 0 spiro atoms. The zero-order valence-corrected chi connectivity index (χ0v) is 13.0. The van der Waals surface area contributed by atoms with Crippen molar-refractivity contribution in [3.05, 3.63) is 30.1 Å². The first-order valence-corrected chi connectivity index (χ1v) is 7.44. The number of carbonyl (C=O) groups is 1.